The maximum Gasteiger partial charge on any atom is 0.337 e. The van der Waals surface area contributed by atoms with Gasteiger partial charge in [-0.3, -0.25) is 48.1 Å². The van der Waals surface area contributed by atoms with E-state index in [0.29, 0.717) is 81.5 Å². The predicted octanol–water partition coefficient (Wildman–Crippen LogP) is 13.5. The zero-order valence-corrected chi connectivity index (χ0v) is 69.4. The molecule has 0 radical (unpaired) electrons. The molecule has 4 aromatic heterocycles. The molecule has 30 N–H and O–H groups in total. The van der Waals surface area contributed by atoms with Crippen molar-refractivity contribution < 1.29 is 38.1 Å². The molecular weight excluding hydrogens is 1600 g/mol. The topological polar surface area (TPSA) is 593 Å². The van der Waals surface area contributed by atoms with E-state index in [9.17, 15) is 19.2 Å². The number of carbonyl (C=O) groups is 4. The monoisotopic (exact) mass is 1690 g/mol. The summed E-state index contributed by atoms with van der Waals surface area (Å²) in [6, 6.07) is 75.3. The van der Waals surface area contributed by atoms with Crippen LogP contribution in [0.5, 0.6) is 5.75 Å². The third-order valence-corrected chi connectivity index (χ3v) is 21.0. The van der Waals surface area contributed by atoms with E-state index in [0.717, 1.165) is 133 Å². The molecule has 0 bridgehead atoms. The van der Waals surface area contributed by atoms with Crippen LogP contribution in [0.2, 0.25) is 0 Å². The minimum absolute atomic E-state index is 0.00110. The highest BCUT2D eigenvalue weighted by atomic mass is 16.5. The van der Waals surface area contributed by atoms with Gasteiger partial charge in [-0.15, -0.1) is 0 Å². The number of nitrogens with two attached hydrogens (primary N) is 9. The third-order valence-electron chi connectivity index (χ3n) is 21.0. The molecule has 15 rings (SSSR count). The number of amidine groups is 8. The lowest BCUT2D eigenvalue weighted by Gasteiger charge is -2.08. The van der Waals surface area contributed by atoms with E-state index in [4.69, 9.17) is 104 Å². The molecule has 0 aliphatic heterocycles. The Morgan fingerprint density at radius 3 is 0.945 bits per heavy atom. The Morgan fingerprint density at radius 2 is 0.622 bits per heavy atom. The normalized spacial score (nSPS) is 10.9. The number of hydrogen-bond donors (Lipinski definition) is 21. The highest BCUT2D eigenvalue weighted by Gasteiger charge is 2.22. The Hall–Kier alpha value is -17.5. The second-order valence-corrected chi connectivity index (χ2v) is 29.4. The van der Waals surface area contributed by atoms with Crippen molar-refractivity contribution in [3.05, 3.63) is 355 Å². The molecule has 0 atom stereocenters. The molecule has 29 nitrogen and oxygen atoms in total. The van der Waals surface area contributed by atoms with Crippen molar-refractivity contribution in [3.8, 4) is 50.8 Å². The first kappa shape index (κ1) is 88.8. The van der Waals surface area contributed by atoms with Gasteiger partial charge in [0.1, 0.15) is 52.4 Å². The maximum atomic E-state index is 12.0. The smallest absolute Gasteiger partial charge is 0.337 e. The third kappa shape index (κ3) is 21.6. The highest BCUT2D eigenvalue weighted by molar-refractivity contribution is 6.06. The van der Waals surface area contributed by atoms with Gasteiger partial charge in [0.25, 0.3) is 5.91 Å². The number of aromatic amines is 4. The van der Waals surface area contributed by atoms with Crippen LogP contribution in [0, 0.1) is 43.3 Å². The summed E-state index contributed by atoms with van der Waals surface area (Å²) in [4.78, 5) is 59.4. The van der Waals surface area contributed by atoms with Crippen LogP contribution in [0.25, 0.3) is 94.7 Å². The van der Waals surface area contributed by atoms with Gasteiger partial charge in [-0.1, -0.05) is 200 Å². The van der Waals surface area contributed by atoms with E-state index in [1.165, 1.54) is 33.5 Å². The molecule has 29 heteroatoms. The minimum atomic E-state index is -0.525. The number of benzene rings is 11. The number of rotatable bonds is 27. The second kappa shape index (κ2) is 39.8. The fourth-order valence-electron chi connectivity index (χ4n) is 14.4. The number of methoxy groups -OCH3 is 3. The first-order valence-corrected chi connectivity index (χ1v) is 39.5. The fraction of sp³-hybridized carbons (Fsp3) is 0.0816. The molecule has 0 saturated heterocycles. The van der Waals surface area contributed by atoms with Crippen molar-refractivity contribution in [1.29, 1.82) is 43.3 Å². The van der Waals surface area contributed by atoms with Crippen LogP contribution in [-0.4, -0.2) is 118 Å². The Bertz CT molecular complexity index is 6860. The molecule has 0 aliphatic carbocycles. The number of primary amides is 1. The molecule has 1 amide bonds. The summed E-state index contributed by atoms with van der Waals surface area (Å²) in [5, 5.41) is 65.4. The number of amides is 1. The van der Waals surface area contributed by atoms with E-state index >= 15 is 0 Å². The Labute approximate surface area is 729 Å². The lowest BCUT2D eigenvalue weighted by Crippen LogP contribution is -2.19. The van der Waals surface area contributed by atoms with Crippen LogP contribution in [0.4, 0.5) is 0 Å². The molecule has 0 saturated carbocycles. The highest BCUT2D eigenvalue weighted by Crippen LogP contribution is 2.38. The number of esters is 3. The molecule has 127 heavy (non-hydrogen) atoms. The van der Waals surface area contributed by atoms with Crippen molar-refractivity contribution >= 4 is 120 Å². The zero-order valence-electron chi connectivity index (χ0n) is 69.4. The standard InChI is InChI=1S/C27H25N5O2.C25H24N6O2.C25H23N5O2.C21H21N5O2/c1-34-24(33)13-6-16-2-4-17(5-3-16)14-22-21-12-11-20(27(30)31)15-23(21)32-25(22)18-7-9-19(10-8-18)26(28)29;26-22(32)13-33-18-8-1-14(2-9-18)11-20-19-10-7-17(25(29)30)12-21(19)31-23(20)15-3-5-16(6-4-15)24(27)28;1-32-25(31)18-4-2-3-14(11-18)12-20-19-10-9-17(24(28)29)13-21(19)30-22(20)15-5-7-16(8-6-15)23(26)27;1-28-18(27)4-2-3-16-15-10-9-14(21(24)25)11-17(15)26-19(16)12-5-7-13(8-6-12)20(22)23/h2-13,15,32H,14H2,1H3,(H3,28,29)(H3,30,31);1-10,12,31H,11,13H2,(H2,26,32)(H3,27,28)(H3,29,30);2-11,13,30H,12H2,1H3,(H3,26,27)(H3,28,29);2,4-11,26H,3H2,1H3,(H3,22,23)(H3,24,25)/b13-6+;;;4-2+. The number of ether oxygens (including phenoxy) is 4. The number of H-pyrrole nitrogens is 4. The lowest BCUT2D eigenvalue weighted by atomic mass is 9.96. The van der Waals surface area contributed by atoms with Gasteiger partial charge in [-0.25, -0.2) is 14.4 Å². The average Bonchev–Trinajstić information content (AvgIpc) is 1.64. The summed E-state index contributed by atoms with van der Waals surface area (Å²) in [7, 11) is 4.05. The van der Waals surface area contributed by atoms with Gasteiger partial charge < -0.3 is 90.5 Å². The maximum absolute atomic E-state index is 12.0. The van der Waals surface area contributed by atoms with Gasteiger partial charge in [0.2, 0.25) is 0 Å². The van der Waals surface area contributed by atoms with Crippen LogP contribution < -0.4 is 56.3 Å². The van der Waals surface area contributed by atoms with Crippen molar-refractivity contribution in [3.63, 3.8) is 0 Å². The SMILES string of the molecule is COC(=O)/C=C/Cc1c(-c2ccc(C(=N)N)cc2)[nH]c2cc(C(=N)N)ccc12.COC(=O)/C=C/c1ccc(Cc2c(-c3ccc(C(=N)N)cc3)[nH]c3cc(C(=N)N)ccc23)cc1.COC(=O)c1cccc(Cc2c(-c3ccc(C(=N)N)cc3)[nH]c3cc(C(=N)N)ccc23)c1.N=C(N)c1ccc(-c2[nH]c3cc(C(=N)N)ccc3c2Cc2ccc(OCC(N)=O)cc2)cc1. The summed E-state index contributed by atoms with van der Waals surface area (Å²) in [6.45, 7) is -0.166. The number of allylic oxidation sites excluding steroid dienone is 1. The average molecular weight is 1690 g/mol. The van der Waals surface area contributed by atoms with Gasteiger partial charge in [0.15, 0.2) is 6.61 Å². The molecular formula is C98H93N21O8. The quantitative estimate of drug-likeness (QED) is 0.00747. The molecule has 0 fully saturated rings. The first-order chi connectivity index (χ1) is 60.9. The Balaban J connectivity index is 0.000000154. The number of fused-ring (bicyclic) bond motifs is 4. The number of nitrogen functional groups attached to an aromatic ring is 8. The van der Waals surface area contributed by atoms with E-state index in [1.54, 1.807) is 36.4 Å². The van der Waals surface area contributed by atoms with Crippen molar-refractivity contribution in [2.24, 2.45) is 51.6 Å². The van der Waals surface area contributed by atoms with Gasteiger partial charge in [-0.05, 0) is 128 Å². The van der Waals surface area contributed by atoms with Crippen molar-refractivity contribution in [1.82, 2.24) is 19.9 Å². The van der Waals surface area contributed by atoms with Gasteiger partial charge in [-0.2, -0.15) is 0 Å². The zero-order chi connectivity index (χ0) is 90.9. The van der Waals surface area contributed by atoms with Gasteiger partial charge in [0.05, 0.1) is 49.7 Å². The molecule has 11 aromatic carbocycles. The molecule has 0 aliphatic rings. The molecule has 4 heterocycles. The van der Waals surface area contributed by atoms with E-state index in [2.05, 4.69) is 29.4 Å². The van der Waals surface area contributed by atoms with Crippen molar-refractivity contribution in [2.75, 3.05) is 27.9 Å². The number of carbonyl (C=O) groups excluding carboxylic acids is 4. The number of aromatic nitrogens is 4. The predicted molar refractivity (Wildman–Crippen MR) is 503 cm³/mol. The van der Waals surface area contributed by atoms with Gasteiger partial charge >= 0.3 is 17.9 Å². The van der Waals surface area contributed by atoms with Gasteiger partial charge in [0, 0.05) is 120 Å². The fourth-order valence-corrected chi connectivity index (χ4v) is 14.4. The number of nitrogens with one attached hydrogen (secondary N) is 12. The van der Waals surface area contributed by atoms with E-state index in [1.807, 2.05) is 218 Å². The van der Waals surface area contributed by atoms with Crippen LogP contribution >= 0.6 is 0 Å². The van der Waals surface area contributed by atoms with Crippen LogP contribution in [0.3, 0.4) is 0 Å². The lowest BCUT2D eigenvalue weighted by molar-refractivity contribution is -0.135. The molecule has 15 aromatic rings. The molecule has 0 spiro atoms. The van der Waals surface area contributed by atoms with Crippen molar-refractivity contribution in [2.45, 2.75) is 25.7 Å². The molecule has 638 valence electrons. The summed E-state index contributed by atoms with van der Waals surface area (Å²) in [5.74, 6) is -1.05. The second-order valence-electron chi connectivity index (χ2n) is 29.4. The summed E-state index contributed by atoms with van der Waals surface area (Å²) in [6.07, 6.45) is 8.65. The van der Waals surface area contributed by atoms with Crippen LogP contribution in [-0.2, 0) is 54.3 Å². The largest absolute Gasteiger partial charge is 0.484 e. The number of hydrogen-bond acceptors (Lipinski definition) is 16. The van der Waals surface area contributed by atoms with E-state index in [-0.39, 0.29) is 59.3 Å². The summed E-state index contributed by atoms with van der Waals surface area (Å²) < 4.78 is 19.5. The Morgan fingerprint density at radius 1 is 0.315 bits per heavy atom. The van der Waals surface area contributed by atoms with E-state index < -0.39 is 17.8 Å². The molecule has 0 unspecified atom stereocenters. The summed E-state index contributed by atoms with van der Waals surface area (Å²) in [5.41, 5.74) is 75.1. The minimum Gasteiger partial charge on any atom is -0.484 e. The van der Waals surface area contributed by atoms with Crippen LogP contribution in [0.15, 0.2) is 261 Å². The summed E-state index contributed by atoms with van der Waals surface area (Å²) >= 11 is 0. The first-order valence-electron chi connectivity index (χ1n) is 39.5. The Kier molecular flexibility index (Phi) is 27.8. The van der Waals surface area contributed by atoms with Crippen LogP contribution in [0.1, 0.15) is 99.4 Å².